The van der Waals surface area contributed by atoms with Crippen LogP contribution in [0.5, 0.6) is 0 Å². The van der Waals surface area contributed by atoms with Crippen LogP contribution in [-0.2, 0) is 9.47 Å². The summed E-state index contributed by atoms with van der Waals surface area (Å²) >= 11 is 0. The predicted molar refractivity (Wildman–Crippen MR) is 79.8 cm³/mol. The molecule has 20 heavy (non-hydrogen) atoms. The van der Waals surface area contributed by atoms with Gasteiger partial charge in [-0.05, 0) is 46.5 Å². The number of ether oxygens (including phenoxy) is 2. The second kappa shape index (κ2) is 7.84. The van der Waals surface area contributed by atoms with Crippen LogP contribution >= 0.6 is 0 Å². The minimum absolute atomic E-state index is 0.0922. The molecule has 0 saturated carbocycles. The summed E-state index contributed by atoms with van der Waals surface area (Å²) in [6.45, 7) is 12.3. The van der Waals surface area contributed by atoms with Crippen molar-refractivity contribution in [2.45, 2.75) is 65.1 Å². The zero-order valence-electron chi connectivity index (χ0n) is 13.5. The van der Waals surface area contributed by atoms with E-state index < -0.39 is 5.60 Å². The first-order valence-corrected chi connectivity index (χ1v) is 7.62. The van der Waals surface area contributed by atoms with Crippen LogP contribution in [0.4, 0.5) is 4.79 Å². The number of nitrogens with one attached hydrogen (secondary N) is 2. The van der Waals surface area contributed by atoms with E-state index in [1.807, 2.05) is 20.8 Å². The molecule has 0 bridgehead atoms. The summed E-state index contributed by atoms with van der Waals surface area (Å²) in [6.07, 6.45) is 1.65. The zero-order chi connectivity index (χ0) is 15.2. The van der Waals surface area contributed by atoms with Crippen molar-refractivity contribution in [1.29, 1.82) is 0 Å². The maximum atomic E-state index is 11.7. The lowest BCUT2D eigenvalue weighted by Crippen LogP contribution is -2.47. The quantitative estimate of drug-likeness (QED) is 0.786. The summed E-state index contributed by atoms with van der Waals surface area (Å²) in [6, 6.07) is 0.501. The second-order valence-electron chi connectivity index (χ2n) is 6.57. The number of alkyl carbamates (subject to hydrolysis) is 1. The van der Waals surface area contributed by atoms with Crippen LogP contribution in [-0.4, -0.2) is 43.5 Å². The molecular weight excluding hydrogens is 256 g/mol. The molecule has 118 valence electrons. The van der Waals surface area contributed by atoms with Crippen LogP contribution in [0, 0.1) is 5.92 Å². The molecule has 1 aliphatic rings. The largest absolute Gasteiger partial charge is 0.444 e. The molecule has 1 fully saturated rings. The Morgan fingerprint density at radius 1 is 1.45 bits per heavy atom. The molecule has 0 aromatic rings. The van der Waals surface area contributed by atoms with Crippen molar-refractivity contribution in [3.8, 4) is 0 Å². The average molecular weight is 286 g/mol. The first-order chi connectivity index (χ1) is 9.31. The fourth-order valence-corrected chi connectivity index (χ4v) is 2.21. The van der Waals surface area contributed by atoms with E-state index in [-0.39, 0.29) is 12.1 Å². The van der Waals surface area contributed by atoms with Crippen LogP contribution in [0.15, 0.2) is 0 Å². The minimum Gasteiger partial charge on any atom is -0.444 e. The summed E-state index contributed by atoms with van der Waals surface area (Å²) in [7, 11) is 0. The van der Waals surface area contributed by atoms with Crippen LogP contribution < -0.4 is 10.6 Å². The monoisotopic (exact) mass is 286 g/mol. The number of carbonyl (C=O) groups excluding carboxylic acids is 1. The van der Waals surface area contributed by atoms with Gasteiger partial charge in [-0.2, -0.15) is 0 Å². The van der Waals surface area contributed by atoms with Gasteiger partial charge in [0, 0.05) is 25.2 Å². The molecule has 5 nitrogen and oxygen atoms in total. The van der Waals surface area contributed by atoms with E-state index in [0.29, 0.717) is 12.0 Å². The maximum Gasteiger partial charge on any atom is 0.407 e. The van der Waals surface area contributed by atoms with Gasteiger partial charge in [-0.15, -0.1) is 0 Å². The van der Waals surface area contributed by atoms with Crippen LogP contribution in [0.3, 0.4) is 0 Å². The Bertz CT molecular complexity index is 296. The van der Waals surface area contributed by atoms with E-state index in [4.69, 9.17) is 9.47 Å². The summed E-state index contributed by atoms with van der Waals surface area (Å²) in [5.74, 6) is 0.578. The van der Waals surface area contributed by atoms with Crippen molar-refractivity contribution in [2.24, 2.45) is 5.92 Å². The summed E-state index contributed by atoms with van der Waals surface area (Å²) < 4.78 is 10.7. The SMILES string of the molecule is CCC(CNC(C)C1CCOC1)NC(=O)OC(C)(C)C. The molecule has 0 aliphatic carbocycles. The molecule has 1 aliphatic heterocycles. The minimum atomic E-state index is -0.454. The first-order valence-electron chi connectivity index (χ1n) is 7.62. The third-order valence-electron chi connectivity index (χ3n) is 3.57. The van der Waals surface area contributed by atoms with Gasteiger partial charge in [0.05, 0.1) is 6.61 Å². The highest BCUT2D eigenvalue weighted by Crippen LogP contribution is 2.16. The molecule has 3 atom stereocenters. The number of carbonyl (C=O) groups is 1. The van der Waals surface area contributed by atoms with Gasteiger partial charge < -0.3 is 20.1 Å². The fourth-order valence-electron chi connectivity index (χ4n) is 2.21. The molecule has 0 aromatic carbocycles. The fraction of sp³-hybridized carbons (Fsp3) is 0.933. The molecule has 0 spiro atoms. The molecule has 1 heterocycles. The van der Waals surface area contributed by atoms with E-state index in [9.17, 15) is 4.79 Å². The topological polar surface area (TPSA) is 59.6 Å². The summed E-state index contributed by atoms with van der Waals surface area (Å²) in [5.41, 5.74) is -0.454. The Balaban J connectivity index is 2.29. The van der Waals surface area contributed by atoms with E-state index in [1.165, 1.54) is 0 Å². The molecule has 5 heteroatoms. The second-order valence-corrected chi connectivity index (χ2v) is 6.57. The molecule has 1 rings (SSSR count). The predicted octanol–water partition coefficient (Wildman–Crippen LogP) is 2.30. The van der Waals surface area contributed by atoms with Gasteiger partial charge in [0.25, 0.3) is 0 Å². The third-order valence-corrected chi connectivity index (χ3v) is 3.57. The zero-order valence-corrected chi connectivity index (χ0v) is 13.5. The van der Waals surface area contributed by atoms with Gasteiger partial charge in [-0.1, -0.05) is 6.92 Å². The molecular formula is C15H30N2O3. The Labute approximate surface area is 122 Å². The van der Waals surface area contributed by atoms with Crippen molar-refractivity contribution in [2.75, 3.05) is 19.8 Å². The standard InChI is InChI=1S/C15H30N2O3/c1-6-13(17-14(18)20-15(3,4)5)9-16-11(2)12-7-8-19-10-12/h11-13,16H,6-10H2,1-5H3,(H,17,18). The van der Waals surface area contributed by atoms with Crippen LogP contribution in [0.25, 0.3) is 0 Å². The summed E-state index contributed by atoms with van der Waals surface area (Å²) in [5, 5.41) is 6.41. The normalized spacial score (nSPS) is 22.4. The molecule has 0 aromatic heterocycles. The number of amides is 1. The van der Waals surface area contributed by atoms with Gasteiger partial charge in [0.1, 0.15) is 5.60 Å². The van der Waals surface area contributed by atoms with Gasteiger partial charge in [-0.3, -0.25) is 0 Å². The molecule has 1 amide bonds. The molecule has 2 N–H and O–H groups in total. The highest BCUT2D eigenvalue weighted by molar-refractivity contribution is 5.68. The van der Waals surface area contributed by atoms with E-state index >= 15 is 0 Å². The van der Waals surface area contributed by atoms with Crippen molar-refractivity contribution in [1.82, 2.24) is 10.6 Å². The van der Waals surface area contributed by atoms with Gasteiger partial charge in [0.15, 0.2) is 0 Å². The first kappa shape index (κ1) is 17.2. The number of rotatable bonds is 6. The summed E-state index contributed by atoms with van der Waals surface area (Å²) in [4.78, 5) is 11.7. The Morgan fingerprint density at radius 2 is 2.15 bits per heavy atom. The highest BCUT2D eigenvalue weighted by Gasteiger charge is 2.23. The highest BCUT2D eigenvalue weighted by atomic mass is 16.6. The average Bonchev–Trinajstić information content (AvgIpc) is 2.85. The van der Waals surface area contributed by atoms with Crippen molar-refractivity contribution in [3.05, 3.63) is 0 Å². The van der Waals surface area contributed by atoms with Crippen LogP contribution in [0.2, 0.25) is 0 Å². The van der Waals surface area contributed by atoms with Gasteiger partial charge in [-0.25, -0.2) is 4.79 Å². The molecule has 1 saturated heterocycles. The smallest absolute Gasteiger partial charge is 0.407 e. The Kier molecular flexibility index (Phi) is 6.76. The van der Waals surface area contributed by atoms with E-state index in [1.54, 1.807) is 0 Å². The lowest BCUT2D eigenvalue weighted by molar-refractivity contribution is 0.0501. The van der Waals surface area contributed by atoms with Gasteiger partial charge in [0.2, 0.25) is 0 Å². The number of hydrogen-bond acceptors (Lipinski definition) is 4. The lowest BCUT2D eigenvalue weighted by Gasteiger charge is -2.25. The molecule has 0 radical (unpaired) electrons. The van der Waals surface area contributed by atoms with Crippen molar-refractivity contribution < 1.29 is 14.3 Å². The number of hydrogen-bond donors (Lipinski definition) is 2. The van der Waals surface area contributed by atoms with Crippen molar-refractivity contribution in [3.63, 3.8) is 0 Å². The Hall–Kier alpha value is -0.810. The van der Waals surface area contributed by atoms with Crippen molar-refractivity contribution >= 4 is 6.09 Å². The molecule has 3 unspecified atom stereocenters. The van der Waals surface area contributed by atoms with Gasteiger partial charge >= 0.3 is 6.09 Å². The Morgan fingerprint density at radius 3 is 2.65 bits per heavy atom. The third kappa shape index (κ3) is 6.57. The van der Waals surface area contributed by atoms with E-state index in [0.717, 1.165) is 32.6 Å². The van der Waals surface area contributed by atoms with E-state index in [2.05, 4.69) is 24.5 Å². The maximum absolute atomic E-state index is 11.7. The lowest BCUT2D eigenvalue weighted by atomic mass is 10.0. The van der Waals surface area contributed by atoms with Crippen LogP contribution in [0.1, 0.15) is 47.5 Å².